The first kappa shape index (κ1) is 18.6. The Balaban J connectivity index is 1.65. The molecule has 6 heteroatoms. The van der Waals surface area contributed by atoms with Gasteiger partial charge in [0.25, 0.3) is 0 Å². The summed E-state index contributed by atoms with van der Waals surface area (Å²) in [5.74, 6) is 0.947. The van der Waals surface area contributed by atoms with Crippen molar-refractivity contribution in [1.82, 2.24) is 10.2 Å². The number of halogens is 1. The largest absolute Gasteiger partial charge is 0.492 e. The van der Waals surface area contributed by atoms with E-state index in [1.165, 1.54) is 0 Å². The molecule has 132 valence electrons. The zero-order chi connectivity index (χ0) is 17.5. The van der Waals surface area contributed by atoms with Crippen LogP contribution in [0.15, 0.2) is 24.3 Å². The Morgan fingerprint density at radius 1 is 1.25 bits per heavy atom. The molecule has 2 rings (SSSR count). The molecule has 1 aliphatic heterocycles. The van der Waals surface area contributed by atoms with Crippen LogP contribution in [0.2, 0.25) is 5.02 Å². The van der Waals surface area contributed by atoms with Gasteiger partial charge in [-0.1, -0.05) is 25.4 Å². The Hall–Kier alpha value is -1.75. The summed E-state index contributed by atoms with van der Waals surface area (Å²) in [6, 6.07) is 7.13. The fourth-order valence-electron chi connectivity index (χ4n) is 2.75. The van der Waals surface area contributed by atoms with Crippen LogP contribution in [0.25, 0.3) is 0 Å². The molecule has 0 aromatic heterocycles. The van der Waals surface area contributed by atoms with E-state index < -0.39 is 0 Å². The SMILES string of the molecule is CC(C)C(=O)N1CCC(C(=O)NCCOc2ccc(Cl)cc2)CC1. The summed E-state index contributed by atoms with van der Waals surface area (Å²) in [5.41, 5.74) is 0. The molecule has 5 nitrogen and oxygen atoms in total. The third kappa shape index (κ3) is 5.41. The molecule has 1 aliphatic rings. The van der Waals surface area contributed by atoms with Gasteiger partial charge < -0.3 is 15.0 Å². The minimum atomic E-state index is -0.0169. The summed E-state index contributed by atoms with van der Waals surface area (Å²) >= 11 is 5.81. The van der Waals surface area contributed by atoms with E-state index in [0.29, 0.717) is 31.3 Å². The molecule has 2 amide bonds. The van der Waals surface area contributed by atoms with Crippen molar-refractivity contribution in [2.75, 3.05) is 26.2 Å². The standard InChI is InChI=1S/C18H25ClN2O3/c1-13(2)18(23)21-10-7-14(8-11-21)17(22)20-9-12-24-16-5-3-15(19)4-6-16/h3-6,13-14H,7-12H2,1-2H3,(H,20,22). The van der Waals surface area contributed by atoms with Gasteiger partial charge in [0.05, 0.1) is 6.54 Å². The smallest absolute Gasteiger partial charge is 0.225 e. The topological polar surface area (TPSA) is 58.6 Å². The number of piperidine rings is 1. The molecule has 0 atom stereocenters. The molecular weight excluding hydrogens is 328 g/mol. The lowest BCUT2D eigenvalue weighted by molar-refractivity contribution is -0.138. The Bertz CT molecular complexity index is 552. The Labute approximate surface area is 148 Å². The summed E-state index contributed by atoms with van der Waals surface area (Å²) in [5, 5.41) is 3.57. The van der Waals surface area contributed by atoms with Crippen molar-refractivity contribution in [2.24, 2.45) is 11.8 Å². The summed E-state index contributed by atoms with van der Waals surface area (Å²) in [7, 11) is 0. The van der Waals surface area contributed by atoms with Gasteiger partial charge >= 0.3 is 0 Å². The molecule has 0 spiro atoms. The number of hydrogen-bond acceptors (Lipinski definition) is 3. The van der Waals surface area contributed by atoms with Crippen molar-refractivity contribution in [3.8, 4) is 5.75 Å². The number of amides is 2. The lowest BCUT2D eigenvalue weighted by Gasteiger charge is -2.32. The molecular formula is C18H25ClN2O3. The minimum Gasteiger partial charge on any atom is -0.492 e. The van der Waals surface area contributed by atoms with Crippen molar-refractivity contribution < 1.29 is 14.3 Å². The van der Waals surface area contributed by atoms with Gasteiger partial charge in [0.15, 0.2) is 0 Å². The van der Waals surface area contributed by atoms with Crippen LogP contribution in [-0.4, -0.2) is 43.0 Å². The molecule has 0 aliphatic carbocycles. The monoisotopic (exact) mass is 352 g/mol. The third-order valence-corrected chi connectivity index (χ3v) is 4.41. The van der Waals surface area contributed by atoms with E-state index in [1.54, 1.807) is 24.3 Å². The fourth-order valence-corrected chi connectivity index (χ4v) is 2.87. The van der Waals surface area contributed by atoms with Gasteiger partial charge in [-0.3, -0.25) is 9.59 Å². The number of nitrogens with zero attached hydrogens (tertiary/aromatic N) is 1. The number of carbonyl (C=O) groups is 2. The number of hydrogen-bond donors (Lipinski definition) is 1. The van der Waals surface area contributed by atoms with Crippen LogP contribution in [0, 0.1) is 11.8 Å². The molecule has 0 saturated carbocycles. The van der Waals surface area contributed by atoms with Crippen molar-refractivity contribution in [3.63, 3.8) is 0 Å². The number of carbonyl (C=O) groups excluding carboxylic acids is 2. The second kappa shape index (κ2) is 8.92. The summed E-state index contributed by atoms with van der Waals surface area (Å²) in [6.45, 7) is 6.01. The number of likely N-dealkylation sites (tertiary alicyclic amines) is 1. The van der Waals surface area contributed by atoms with Crippen LogP contribution in [0.4, 0.5) is 0 Å². The zero-order valence-corrected chi connectivity index (χ0v) is 15.0. The van der Waals surface area contributed by atoms with E-state index in [1.807, 2.05) is 18.7 Å². The van der Waals surface area contributed by atoms with Crippen LogP contribution in [0.5, 0.6) is 5.75 Å². The van der Waals surface area contributed by atoms with E-state index in [0.717, 1.165) is 18.6 Å². The lowest BCUT2D eigenvalue weighted by Crippen LogP contribution is -2.44. The van der Waals surface area contributed by atoms with E-state index in [4.69, 9.17) is 16.3 Å². The highest BCUT2D eigenvalue weighted by molar-refractivity contribution is 6.30. The van der Waals surface area contributed by atoms with Gasteiger partial charge in [0.1, 0.15) is 12.4 Å². The number of rotatable bonds is 6. The molecule has 24 heavy (non-hydrogen) atoms. The maximum absolute atomic E-state index is 12.2. The Kier molecular flexibility index (Phi) is 6.91. The molecule has 1 N–H and O–H groups in total. The normalized spacial score (nSPS) is 15.4. The molecule has 1 aromatic rings. The molecule has 0 radical (unpaired) electrons. The predicted molar refractivity (Wildman–Crippen MR) is 94.1 cm³/mol. The zero-order valence-electron chi connectivity index (χ0n) is 14.3. The molecule has 1 saturated heterocycles. The summed E-state index contributed by atoms with van der Waals surface area (Å²) in [4.78, 5) is 26.0. The number of ether oxygens (including phenoxy) is 1. The van der Waals surface area contributed by atoms with Gasteiger partial charge in [-0.2, -0.15) is 0 Å². The maximum Gasteiger partial charge on any atom is 0.225 e. The van der Waals surface area contributed by atoms with Crippen molar-refractivity contribution in [1.29, 1.82) is 0 Å². The minimum absolute atomic E-state index is 0.0143. The second-order valence-electron chi connectivity index (χ2n) is 6.35. The van der Waals surface area contributed by atoms with Crippen LogP contribution in [-0.2, 0) is 9.59 Å². The first-order chi connectivity index (χ1) is 11.5. The van der Waals surface area contributed by atoms with Crippen molar-refractivity contribution in [2.45, 2.75) is 26.7 Å². The van der Waals surface area contributed by atoms with Gasteiger partial charge in [0, 0.05) is 29.9 Å². The van der Waals surface area contributed by atoms with Gasteiger partial charge in [-0.25, -0.2) is 0 Å². The molecule has 0 bridgehead atoms. The lowest BCUT2D eigenvalue weighted by atomic mass is 9.95. The second-order valence-corrected chi connectivity index (χ2v) is 6.78. The number of nitrogens with one attached hydrogen (secondary N) is 1. The highest BCUT2D eigenvalue weighted by Crippen LogP contribution is 2.19. The van der Waals surface area contributed by atoms with Gasteiger partial charge in [0.2, 0.25) is 11.8 Å². The molecule has 0 unspecified atom stereocenters. The van der Waals surface area contributed by atoms with E-state index in [9.17, 15) is 9.59 Å². The van der Waals surface area contributed by atoms with Crippen LogP contribution >= 0.6 is 11.6 Å². The van der Waals surface area contributed by atoms with Gasteiger partial charge in [-0.05, 0) is 37.1 Å². The molecule has 1 fully saturated rings. The Morgan fingerprint density at radius 2 is 1.88 bits per heavy atom. The Morgan fingerprint density at radius 3 is 2.46 bits per heavy atom. The van der Waals surface area contributed by atoms with Crippen LogP contribution < -0.4 is 10.1 Å². The number of benzene rings is 1. The predicted octanol–water partition coefficient (Wildman–Crippen LogP) is 2.73. The first-order valence-corrected chi connectivity index (χ1v) is 8.80. The average molecular weight is 353 g/mol. The third-order valence-electron chi connectivity index (χ3n) is 4.15. The summed E-state index contributed by atoms with van der Waals surface area (Å²) in [6.07, 6.45) is 1.45. The van der Waals surface area contributed by atoms with E-state index in [2.05, 4.69) is 5.32 Å². The average Bonchev–Trinajstić information content (AvgIpc) is 2.59. The highest BCUT2D eigenvalue weighted by atomic mass is 35.5. The van der Waals surface area contributed by atoms with E-state index >= 15 is 0 Å². The first-order valence-electron chi connectivity index (χ1n) is 8.42. The fraction of sp³-hybridized carbons (Fsp3) is 0.556. The van der Waals surface area contributed by atoms with Gasteiger partial charge in [-0.15, -0.1) is 0 Å². The maximum atomic E-state index is 12.2. The van der Waals surface area contributed by atoms with Crippen LogP contribution in [0.1, 0.15) is 26.7 Å². The van der Waals surface area contributed by atoms with Crippen molar-refractivity contribution >= 4 is 23.4 Å². The molecule has 1 heterocycles. The highest BCUT2D eigenvalue weighted by Gasteiger charge is 2.27. The van der Waals surface area contributed by atoms with Crippen molar-refractivity contribution in [3.05, 3.63) is 29.3 Å². The molecule has 1 aromatic carbocycles. The van der Waals surface area contributed by atoms with E-state index in [-0.39, 0.29) is 23.7 Å². The van der Waals surface area contributed by atoms with Crippen LogP contribution in [0.3, 0.4) is 0 Å². The summed E-state index contributed by atoms with van der Waals surface area (Å²) < 4.78 is 5.55. The quantitative estimate of drug-likeness (QED) is 0.801.